The van der Waals surface area contributed by atoms with E-state index in [0.717, 1.165) is 6.54 Å². The third-order valence-corrected chi connectivity index (χ3v) is 4.85. The number of benzene rings is 1. The van der Waals surface area contributed by atoms with Crippen molar-refractivity contribution in [3.05, 3.63) is 34.5 Å². The van der Waals surface area contributed by atoms with Gasteiger partial charge in [0.1, 0.15) is 0 Å². The molecule has 0 radical (unpaired) electrons. The van der Waals surface area contributed by atoms with Crippen LogP contribution in [0.4, 0.5) is 0 Å². The first-order valence-electron chi connectivity index (χ1n) is 7.37. The van der Waals surface area contributed by atoms with Crippen LogP contribution in [0.3, 0.4) is 0 Å². The Labute approximate surface area is 115 Å². The molecular formula is C17H24N2. The maximum atomic E-state index is 3.36. The third kappa shape index (κ3) is 1.81. The first kappa shape index (κ1) is 12.7. The molecule has 19 heavy (non-hydrogen) atoms. The molecule has 0 amide bonds. The average Bonchev–Trinajstić information content (AvgIpc) is 2.69. The molecule has 1 unspecified atom stereocenters. The smallest absolute Gasteiger partial charge is 0.0515 e. The van der Waals surface area contributed by atoms with E-state index in [1.807, 2.05) is 0 Å². The van der Waals surface area contributed by atoms with E-state index in [2.05, 4.69) is 50.0 Å². The minimum absolute atomic E-state index is 0.672. The van der Waals surface area contributed by atoms with Crippen LogP contribution in [0.5, 0.6) is 0 Å². The van der Waals surface area contributed by atoms with Gasteiger partial charge in [-0.3, -0.25) is 0 Å². The lowest BCUT2D eigenvalue weighted by molar-refractivity contribution is 0.506. The Morgan fingerprint density at radius 1 is 1.32 bits per heavy atom. The van der Waals surface area contributed by atoms with Crippen LogP contribution in [0.15, 0.2) is 12.1 Å². The number of nitrogens with one attached hydrogen (secondary N) is 1. The number of aromatic nitrogens is 1. The number of hydrogen-bond acceptors (Lipinski definition) is 1. The van der Waals surface area contributed by atoms with E-state index in [1.165, 1.54) is 41.3 Å². The molecule has 1 aliphatic rings. The van der Waals surface area contributed by atoms with Crippen molar-refractivity contribution in [3.63, 3.8) is 0 Å². The van der Waals surface area contributed by atoms with Crippen molar-refractivity contribution in [3.8, 4) is 0 Å². The predicted molar refractivity (Wildman–Crippen MR) is 82.0 cm³/mol. The Morgan fingerprint density at radius 2 is 2.11 bits per heavy atom. The largest absolute Gasteiger partial charge is 0.347 e. The van der Waals surface area contributed by atoms with E-state index in [4.69, 9.17) is 0 Å². The van der Waals surface area contributed by atoms with E-state index >= 15 is 0 Å². The van der Waals surface area contributed by atoms with E-state index in [9.17, 15) is 0 Å². The molecule has 1 N–H and O–H groups in total. The van der Waals surface area contributed by atoms with E-state index in [0.29, 0.717) is 5.92 Å². The molecule has 2 heteroatoms. The number of hydrogen-bond donors (Lipinski definition) is 1. The fourth-order valence-corrected chi connectivity index (χ4v) is 3.83. The number of aryl methyl sites for hydroxylation is 4. The maximum Gasteiger partial charge on any atom is 0.0515 e. The summed E-state index contributed by atoms with van der Waals surface area (Å²) in [6.45, 7) is 5.57. The van der Waals surface area contributed by atoms with Gasteiger partial charge in [-0.1, -0.05) is 12.1 Å². The van der Waals surface area contributed by atoms with Crippen LogP contribution in [-0.2, 0) is 13.5 Å². The lowest BCUT2D eigenvalue weighted by Gasteiger charge is -2.24. The summed E-state index contributed by atoms with van der Waals surface area (Å²) < 4.78 is 2.47. The molecule has 1 aliphatic carbocycles. The molecule has 0 aliphatic heterocycles. The number of rotatable bonds is 2. The molecule has 1 aromatic carbocycles. The van der Waals surface area contributed by atoms with Gasteiger partial charge in [-0.05, 0) is 56.8 Å². The summed E-state index contributed by atoms with van der Waals surface area (Å²) in [5.74, 6) is 0.672. The van der Waals surface area contributed by atoms with Crippen molar-refractivity contribution in [1.29, 1.82) is 0 Å². The van der Waals surface area contributed by atoms with Gasteiger partial charge in [-0.2, -0.15) is 0 Å². The minimum Gasteiger partial charge on any atom is -0.347 e. The van der Waals surface area contributed by atoms with Gasteiger partial charge in [0.15, 0.2) is 0 Å². The Bertz CT molecular complexity index is 622. The zero-order valence-corrected chi connectivity index (χ0v) is 12.5. The van der Waals surface area contributed by atoms with Gasteiger partial charge in [0, 0.05) is 30.6 Å². The van der Waals surface area contributed by atoms with Crippen molar-refractivity contribution in [2.45, 2.75) is 39.0 Å². The summed E-state index contributed by atoms with van der Waals surface area (Å²) in [6, 6.07) is 4.61. The molecule has 0 saturated carbocycles. The zero-order chi connectivity index (χ0) is 13.6. The fourth-order valence-electron chi connectivity index (χ4n) is 3.83. The summed E-state index contributed by atoms with van der Waals surface area (Å²) in [7, 11) is 4.31. The summed E-state index contributed by atoms with van der Waals surface area (Å²) >= 11 is 0. The minimum atomic E-state index is 0.672. The predicted octanol–water partition coefficient (Wildman–Crippen LogP) is 3.43. The standard InChI is InChI=1S/C17H24N2/c1-11-8-9-15-14-7-5-6-13(10-18-3)17(14)19(4)16(15)12(11)2/h8-9,13,18H,5-7,10H2,1-4H3. The Morgan fingerprint density at radius 3 is 2.84 bits per heavy atom. The lowest BCUT2D eigenvalue weighted by atomic mass is 9.86. The summed E-state index contributed by atoms with van der Waals surface area (Å²) in [4.78, 5) is 0. The summed E-state index contributed by atoms with van der Waals surface area (Å²) in [5.41, 5.74) is 7.47. The highest BCUT2D eigenvalue weighted by Crippen LogP contribution is 2.39. The zero-order valence-electron chi connectivity index (χ0n) is 12.5. The van der Waals surface area contributed by atoms with Gasteiger partial charge in [-0.25, -0.2) is 0 Å². The quantitative estimate of drug-likeness (QED) is 0.871. The van der Waals surface area contributed by atoms with Crippen LogP contribution < -0.4 is 5.32 Å². The van der Waals surface area contributed by atoms with Crippen molar-refractivity contribution in [2.75, 3.05) is 13.6 Å². The van der Waals surface area contributed by atoms with E-state index in [-0.39, 0.29) is 0 Å². The molecule has 1 aromatic heterocycles. The molecular weight excluding hydrogens is 232 g/mol. The topological polar surface area (TPSA) is 17.0 Å². The first-order valence-corrected chi connectivity index (χ1v) is 7.37. The molecule has 2 nitrogen and oxygen atoms in total. The Balaban J connectivity index is 2.29. The first-order chi connectivity index (χ1) is 9.15. The lowest BCUT2D eigenvalue weighted by Crippen LogP contribution is -2.22. The van der Waals surface area contributed by atoms with Crippen LogP contribution in [0.1, 0.15) is 41.1 Å². The van der Waals surface area contributed by atoms with Crippen molar-refractivity contribution in [1.82, 2.24) is 9.88 Å². The van der Waals surface area contributed by atoms with Gasteiger partial charge >= 0.3 is 0 Å². The Kier molecular flexibility index (Phi) is 3.14. The molecule has 0 saturated heterocycles. The van der Waals surface area contributed by atoms with Crippen LogP contribution in [-0.4, -0.2) is 18.2 Å². The van der Waals surface area contributed by atoms with Crippen molar-refractivity contribution in [2.24, 2.45) is 7.05 Å². The van der Waals surface area contributed by atoms with Crippen LogP contribution >= 0.6 is 0 Å². The third-order valence-electron chi connectivity index (χ3n) is 4.85. The molecule has 0 fully saturated rings. The van der Waals surface area contributed by atoms with Crippen LogP contribution in [0.25, 0.3) is 10.9 Å². The molecule has 2 aromatic rings. The fraction of sp³-hybridized carbons (Fsp3) is 0.529. The van der Waals surface area contributed by atoms with Gasteiger partial charge in [0.05, 0.1) is 5.52 Å². The maximum absolute atomic E-state index is 3.36. The van der Waals surface area contributed by atoms with E-state index < -0.39 is 0 Å². The number of likely N-dealkylation sites (N-methyl/N-ethyl adjacent to an activating group) is 1. The van der Waals surface area contributed by atoms with Gasteiger partial charge in [-0.15, -0.1) is 0 Å². The van der Waals surface area contributed by atoms with Gasteiger partial charge in [0.2, 0.25) is 0 Å². The summed E-state index contributed by atoms with van der Waals surface area (Å²) in [6.07, 6.45) is 3.89. The molecule has 102 valence electrons. The highest BCUT2D eigenvalue weighted by Gasteiger charge is 2.26. The highest BCUT2D eigenvalue weighted by molar-refractivity contribution is 5.89. The summed E-state index contributed by atoms with van der Waals surface area (Å²) in [5, 5.41) is 4.85. The highest BCUT2D eigenvalue weighted by atomic mass is 15.0. The number of nitrogens with zero attached hydrogens (tertiary/aromatic N) is 1. The van der Waals surface area contributed by atoms with Gasteiger partial charge in [0.25, 0.3) is 0 Å². The molecule has 0 bridgehead atoms. The second kappa shape index (κ2) is 4.68. The molecule has 3 rings (SSSR count). The molecule has 1 atom stereocenters. The van der Waals surface area contributed by atoms with Crippen molar-refractivity contribution >= 4 is 10.9 Å². The van der Waals surface area contributed by atoms with Gasteiger partial charge < -0.3 is 9.88 Å². The average molecular weight is 256 g/mol. The Hall–Kier alpha value is -1.28. The SMILES string of the molecule is CNCC1CCCc2c1n(C)c1c(C)c(C)ccc21. The van der Waals surface area contributed by atoms with Crippen molar-refractivity contribution < 1.29 is 0 Å². The van der Waals surface area contributed by atoms with Crippen LogP contribution in [0, 0.1) is 13.8 Å². The monoisotopic (exact) mass is 256 g/mol. The second-order valence-electron chi connectivity index (χ2n) is 5.97. The number of fused-ring (bicyclic) bond motifs is 3. The van der Waals surface area contributed by atoms with Crippen LogP contribution in [0.2, 0.25) is 0 Å². The van der Waals surface area contributed by atoms with E-state index in [1.54, 1.807) is 11.3 Å². The normalized spacial score (nSPS) is 18.8. The molecule has 1 heterocycles. The second-order valence-corrected chi connectivity index (χ2v) is 5.97. The molecule has 0 spiro atoms.